The van der Waals surface area contributed by atoms with Crippen LogP contribution in [-0.4, -0.2) is 30.4 Å². The monoisotopic (exact) mass is 278 g/mol. The Kier molecular flexibility index (Phi) is 4.87. The largest absolute Gasteiger partial charge is 0.363 e. The first-order valence-electron chi connectivity index (χ1n) is 7.17. The number of amidine groups is 1. The van der Waals surface area contributed by atoms with Gasteiger partial charge >= 0.3 is 0 Å². The summed E-state index contributed by atoms with van der Waals surface area (Å²) in [6.45, 7) is 1.18. The smallest absolute Gasteiger partial charge is 0.0990 e. The topological polar surface area (TPSA) is 15.6 Å². The molecule has 1 aromatic rings. The highest BCUT2D eigenvalue weighted by Gasteiger charge is 2.29. The molecule has 2 atom stereocenters. The minimum Gasteiger partial charge on any atom is -0.363 e. The van der Waals surface area contributed by atoms with Gasteiger partial charge in [-0.25, -0.2) is 0 Å². The number of halogens is 1. The lowest BCUT2D eigenvalue weighted by molar-refractivity contribution is 0.534. The van der Waals surface area contributed by atoms with Crippen molar-refractivity contribution < 1.29 is 0 Å². The van der Waals surface area contributed by atoms with Crippen molar-refractivity contribution in [3.8, 4) is 0 Å². The van der Waals surface area contributed by atoms with E-state index in [0.29, 0.717) is 12.0 Å². The number of hydrogen-bond acceptors (Lipinski definition) is 1. The molecule has 2 aliphatic rings. The van der Waals surface area contributed by atoms with E-state index < -0.39 is 0 Å². The average Bonchev–Trinajstić information content (AvgIpc) is 3.01. The molecule has 3 rings (SSSR count). The van der Waals surface area contributed by atoms with Crippen molar-refractivity contribution in [1.82, 2.24) is 4.90 Å². The lowest BCUT2D eigenvalue weighted by Gasteiger charge is -2.19. The van der Waals surface area contributed by atoms with E-state index in [1.807, 2.05) is 0 Å². The molecule has 0 unspecified atom stereocenters. The second kappa shape index (κ2) is 6.42. The molecule has 0 radical (unpaired) electrons. The second-order valence-corrected chi connectivity index (χ2v) is 5.59. The van der Waals surface area contributed by atoms with Gasteiger partial charge in [-0.05, 0) is 24.8 Å². The van der Waals surface area contributed by atoms with Gasteiger partial charge in [-0.1, -0.05) is 36.8 Å². The summed E-state index contributed by atoms with van der Waals surface area (Å²) in [4.78, 5) is 7.39. The number of nitrogens with zero attached hydrogens (tertiary/aromatic N) is 2. The fourth-order valence-corrected chi connectivity index (χ4v) is 3.33. The van der Waals surface area contributed by atoms with Crippen LogP contribution in [0.4, 0.5) is 0 Å². The number of aliphatic imine (C=N–C) groups is 1. The lowest BCUT2D eigenvalue weighted by Crippen LogP contribution is -2.22. The van der Waals surface area contributed by atoms with E-state index in [2.05, 4.69) is 42.3 Å². The maximum atomic E-state index is 5.06. The first kappa shape index (κ1) is 14.4. The minimum atomic E-state index is 0. The summed E-state index contributed by atoms with van der Waals surface area (Å²) in [6.07, 6.45) is 6.34. The normalized spacial score (nSPS) is 28.7. The first-order chi connectivity index (χ1) is 8.84. The molecule has 0 bridgehead atoms. The summed E-state index contributed by atoms with van der Waals surface area (Å²) in [5, 5.41) is 0. The van der Waals surface area contributed by atoms with Crippen molar-refractivity contribution in [2.75, 3.05) is 13.6 Å². The molecule has 1 heterocycles. The van der Waals surface area contributed by atoms with E-state index in [9.17, 15) is 0 Å². The van der Waals surface area contributed by atoms with Gasteiger partial charge < -0.3 is 4.90 Å². The Morgan fingerprint density at radius 2 is 1.89 bits per heavy atom. The Morgan fingerprint density at radius 1 is 1.11 bits per heavy atom. The molecule has 1 aromatic carbocycles. The third-order valence-electron chi connectivity index (χ3n) is 4.36. The van der Waals surface area contributed by atoms with Crippen LogP contribution in [-0.2, 0) is 0 Å². The SMILES string of the molecule is CN1CCC/C1=N\[C@H]1CCC[C@H]1c1ccccc1.Cl. The maximum absolute atomic E-state index is 5.06. The van der Waals surface area contributed by atoms with E-state index in [0.717, 1.165) is 0 Å². The van der Waals surface area contributed by atoms with Crippen LogP contribution in [0.1, 0.15) is 43.6 Å². The standard InChI is InChI=1S/C16H22N2.ClH/c1-18-12-6-11-16(18)17-15-10-5-9-14(15)13-7-3-2-4-8-13;/h2-4,7-8,14-15H,5-6,9-12H2,1H3;1H/b17-16+;/t14-,15-;/m0./s1. The molecular weight excluding hydrogens is 256 g/mol. The highest BCUT2D eigenvalue weighted by atomic mass is 35.5. The predicted molar refractivity (Wildman–Crippen MR) is 83.4 cm³/mol. The summed E-state index contributed by atoms with van der Waals surface area (Å²) in [5.74, 6) is 1.98. The first-order valence-corrected chi connectivity index (χ1v) is 7.17. The number of likely N-dealkylation sites (tertiary alicyclic amines) is 1. The van der Waals surface area contributed by atoms with Crippen LogP contribution in [0, 0.1) is 0 Å². The van der Waals surface area contributed by atoms with Crippen molar-refractivity contribution in [2.24, 2.45) is 4.99 Å². The van der Waals surface area contributed by atoms with Gasteiger partial charge in [0.05, 0.1) is 11.9 Å². The zero-order valence-corrected chi connectivity index (χ0v) is 12.4. The van der Waals surface area contributed by atoms with Gasteiger partial charge in [-0.15, -0.1) is 12.4 Å². The van der Waals surface area contributed by atoms with Crippen molar-refractivity contribution in [1.29, 1.82) is 0 Å². The molecule has 2 fully saturated rings. The summed E-state index contributed by atoms with van der Waals surface area (Å²) in [5.41, 5.74) is 1.48. The zero-order valence-electron chi connectivity index (χ0n) is 11.6. The molecule has 2 nitrogen and oxygen atoms in total. The van der Waals surface area contributed by atoms with Gasteiger partial charge in [-0.2, -0.15) is 0 Å². The number of hydrogen-bond donors (Lipinski definition) is 0. The average molecular weight is 279 g/mol. The van der Waals surface area contributed by atoms with Gasteiger partial charge in [0.1, 0.15) is 0 Å². The quantitative estimate of drug-likeness (QED) is 0.802. The Hall–Kier alpha value is -1.02. The summed E-state index contributed by atoms with van der Waals surface area (Å²) < 4.78 is 0. The molecule has 1 aliphatic carbocycles. The predicted octanol–water partition coefficient (Wildman–Crippen LogP) is 3.87. The summed E-state index contributed by atoms with van der Waals surface area (Å²) in [6, 6.07) is 11.5. The van der Waals surface area contributed by atoms with Crippen LogP contribution >= 0.6 is 12.4 Å². The number of benzene rings is 1. The van der Waals surface area contributed by atoms with E-state index >= 15 is 0 Å². The van der Waals surface area contributed by atoms with Crippen molar-refractivity contribution >= 4 is 18.2 Å². The zero-order chi connectivity index (χ0) is 12.4. The molecule has 1 saturated heterocycles. The lowest BCUT2D eigenvalue weighted by atomic mass is 9.94. The van der Waals surface area contributed by atoms with E-state index in [4.69, 9.17) is 4.99 Å². The van der Waals surface area contributed by atoms with Gasteiger partial charge in [-0.3, -0.25) is 4.99 Å². The van der Waals surface area contributed by atoms with Crippen LogP contribution in [0.3, 0.4) is 0 Å². The van der Waals surface area contributed by atoms with Crippen molar-refractivity contribution in [2.45, 2.75) is 44.1 Å². The van der Waals surface area contributed by atoms with Crippen molar-refractivity contribution in [3.05, 3.63) is 35.9 Å². The second-order valence-electron chi connectivity index (χ2n) is 5.59. The Bertz CT molecular complexity index is 430. The Morgan fingerprint density at radius 3 is 2.58 bits per heavy atom. The highest BCUT2D eigenvalue weighted by molar-refractivity contribution is 5.85. The van der Waals surface area contributed by atoms with Gasteiger partial charge in [0.25, 0.3) is 0 Å². The molecule has 104 valence electrons. The summed E-state index contributed by atoms with van der Waals surface area (Å²) >= 11 is 0. The molecule has 0 N–H and O–H groups in total. The fourth-order valence-electron chi connectivity index (χ4n) is 3.33. The van der Waals surface area contributed by atoms with Crippen molar-refractivity contribution in [3.63, 3.8) is 0 Å². The Balaban J connectivity index is 0.00000133. The van der Waals surface area contributed by atoms with Crippen LogP contribution in [0.5, 0.6) is 0 Å². The van der Waals surface area contributed by atoms with E-state index in [1.54, 1.807) is 0 Å². The van der Waals surface area contributed by atoms with Gasteiger partial charge in [0.2, 0.25) is 0 Å². The highest BCUT2D eigenvalue weighted by Crippen LogP contribution is 2.37. The van der Waals surface area contributed by atoms with Gasteiger partial charge in [0.15, 0.2) is 0 Å². The van der Waals surface area contributed by atoms with Crippen LogP contribution in [0.25, 0.3) is 0 Å². The van der Waals surface area contributed by atoms with E-state index in [-0.39, 0.29) is 12.4 Å². The molecule has 3 heteroatoms. The third kappa shape index (κ3) is 3.11. The van der Waals surface area contributed by atoms with Crippen LogP contribution < -0.4 is 0 Å². The van der Waals surface area contributed by atoms with Crippen LogP contribution in [0.2, 0.25) is 0 Å². The molecule has 0 spiro atoms. The summed E-state index contributed by atoms with van der Waals surface area (Å²) in [7, 11) is 2.18. The molecular formula is C16H23ClN2. The molecule has 1 saturated carbocycles. The molecule has 0 amide bonds. The minimum absolute atomic E-state index is 0. The van der Waals surface area contributed by atoms with Gasteiger partial charge in [0, 0.05) is 25.9 Å². The maximum Gasteiger partial charge on any atom is 0.0990 e. The third-order valence-corrected chi connectivity index (χ3v) is 4.36. The Labute approximate surface area is 122 Å². The molecule has 19 heavy (non-hydrogen) atoms. The fraction of sp³-hybridized carbons (Fsp3) is 0.562. The number of rotatable bonds is 2. The van der Waals surface area contributed by atoms with Crippen LogP contribution in [0.15, 0.2) is 35.3 Å². The molecule has 1 aliphatic heterocycles. The molecule has 0 aromatic heterocycles. The van der Waals surface area contributed by atoms with E-state index in [1.165, 1.54) is 50.0 Å².